The van der Waals surface area contributed by atoms with E-state index >= 15 is 0 Å². The van der Waals surface area contributed by atoms with E-state index in [2.05, 4.69) is 48.5 Å². The predicted octanol–water partition coefficient (Wildman–Crippen LogP) is 22.6. The minimum Gasteiger partial charge on any atom is -0.462 e. The molecule has 0 spiro atoms. The zero-order valence-corrected chi connectivity index (χ0v) is 64.6. The van der Waals surface area contributed by atoms with E-state index in [0.717, 1.165) is 114 Å². The smallest absolute Gasteiger partial charge is 0.462 e. The van der Waals surface area contributed by atoms with Crippen LogP contribution in [0.3, 0.4) is 0 Å². The summed E-state index contributed by atoms with van der Waals surface area (Å²) in [6.07, 6.45) is 54.3. The van der Waals surface area contributed by atoms with Crippen LogP contribution in [0.2, 0.25) is 0 Å². The zero-order chi connectivity index (χ0) is 70.9. The van der Waals surface area contributed by atoms with E-state index in [4.69, 9.17) is 37.0 Å². The first-order chi connectivity index (χ1) is 46.3. The Bertz CT molecular complexity index is 1870. The number of esters is 4. The van der Waals surface area contributed by atoms with Crippen molar-refractivity contribution in [3.05, 3.63) is 0 Å². The van der Waals surface area contributed by atoms with Gasteiger partial charge in [0.2, 0.25) is 0 Å². The summed E-state index contributed by atoms with van der Waals surface area (Å²) < 4.78 is 68.5. The van der Waals surface area contributed by atoms with Gasteiger partial charge in [-0.2, -0.15) is 0 Å². The number of aliphatic hydroxyl groups is 1. The van der Waals surface area contributed by atoms with Gasteiger partial charge >= 0.3 is 39.5 Å². The van der Waals surface area contributed by atoms with E-state index in [-0.39, 0.29) is 25.7 Å². The fraction of sp³-hybridized carbons (Fsp3) is 0.948. The molecule has 0 aliphatic heterocycles. The van der Waals surface area contributed by atoms with Crippen molar-refractivity contribution in [1.82, 2.24) is 0 Å². The largest absolute Gasteiger partial charge is 0.472 e. The molecule has 0 aliphatic rings. The Morgan fingerprint density at radius 2 is 0.531 bits per heavy atom. The third-order valence-electron chi connectivity index (χ3n) is 18.2. The number of phosphoric acid groups is 2. The van der Waals surface area contributed by atoms with Crippen LogP contribution in [-0.2, 0) is 65.4 Å². The third kappa shape index (κ3) is 69.2. The molecule has 0 bridgehead atoms. The van der Waals surface area contributed by atoms with Gasteiger partial charge in [0.25, 0.3) is 0 Å². The van der Waals surface area contributed by atoms with Gasteiger partial charge in [0.15, 0.2) is 12.2 Å². The first-order valence-electron chi connectivity index (χ1n) is 39.9. The Labute approximate surface area is 588 Å². The Hall–Kier alpha value is -1.94. The Morgan fingerprint density at radius 3 is 0.792 bits per heavy atom. The summed E-state index contributed by atoms with van der Waals surface area (Å²) in [7, 11) is -9.91. The maximum atomic E-state index is 13.1. The zero-order valence-electron chi connectivity index (χ0n) is 62.8. The van der Waals surface area contributed by atoms with Crippen molar-refractivity contribution in [2.45, 2.75) is 414 Å². The summed E-state index contributed by atoms with van der Waals surface area (Å²) >= 11 is 0. The Kier molecular flexibility index (Phi) is 66.2. The van der Waals surface area contributed by atoms with Crippen molar-refractivity contribution in [1.29, 1.82) is 0 Å². The summed E-state index contributed by atoms with van der Waals surface area (Å²) in [6, 6.07) is 0. The quantitative estimate of drug-likeness (QED) is 0.0222. The van der Waals surface area contributed by atoms with Crippen LogP contribution in [0, 0.1) is 17.8 Å². The molecule has 0 aromatic carbocycles. The molecule has 0 amide bonds. The lowest BCUT2D eigenvalue weighted by Crippen LogP contribution is -2.30. The third-order valence-corrected chi connectivity index (χ3v) is 20.1. The predicted molar refractivity (Wildman–Crippen MR) is 391 cm³/mol. The number of aliphatic hydroxyl groups excluding tert-OH is 1. The van der Waals surface area contributed by atoms with Crippen LogP contribution in [0.25, 0.3) is 0 Å². The molecule has 6 atom stereocenters. The van der Waals surface area contributed by atoms with E-state index < -0.39 is 97.5 Å². The summed E-state index contributed by atoms with van der Waals surface area (Å²) in [5.41, 5.74) is 0. The molecular formula is C77H150O17P2. The maximum absolute atomic E-state index is 13.1. The summed E-state index contributed by atoms with van der Waals surface area (Å²) in [5, 5.41) is 10.6. The van der Waals surface area contributed by atoms with E-state index in [1.165, 1.54) is 199 Å². The molecule has 0 aromatic rings. The molecule has 96 heavy (non-hydrogen) atoms. The minimum absolute atomic E-state index is 0.104. The standard InChI is InChI=1S/C77H150O17P2/c1-8-10-11-12-13-14-15-16-24-27-30-36-44-51-58-74(79)87-64-72(93-76(81)60-53-46-37-31-28-25-22-20-18-17-19-21-23-26-29-34-41-48-55-68(3)4)66-91-95(83,84)89-62-71(78)63-90-96(85,86)92-67-73(65-88-75(80)59-52-45-40-39-43-50-57-70(7)9-2)94-77(82)61-54-47-38-33-32-35-42-49-56-69(5)6/h68-73,78H,8-67H2,1-7H3,(H,83,84)(H,85,86)/t70?,71-,72-,73-/m1/s1. The van der Waals surface area contributed by atoms with Gasteiger partial charge in [-0.25, -0.2) is 9.13 Å². The number of ether oxygens (including phenoxy) is 4. The second-order valence-corrected chi connectivity index (χ2v) is 31.8. The molecule has 3 unspecified atom stereocenters. The van der Waals surface area contributed by atoms with Crippen LogP contribution in [0.1, 0.15) is 395 Å². The van der Waals surface area contributed by atoms with Crippen molar-refractivity contribution in [3.63, 3.8) is 0 Å². The van der Waals surface area contributed by atoms with E-state index in [1.807, 2.05) is 0 Å². The summed E-state index contributed by atoms with van der Waals surface area (Å²) in [6.45, 7) is 11.9. The molecule has 19 heteroatoms. The van der Waals surface area contributed by atoms with Gasteiger partial charge in [-0.05, 0) is 43.4 Å². The van der Waals surface area contributed by atoms with Gasteiger partial charge in [-0.15, -0.1) is 0 Å². The van der Waals surface area contributed by atoms with Gasteiger partial charge in [0.05, 0.1) is 26.4 Å². The van der Waals surface area contributed by atoms with Crippen LogP contribution in [0.4, 0.5) is 0 Å². The highest BCUT2D eigenvalue weighted by Gasteiger charge is 2.30. The van der Waals surface area contributed by atoms with Crippen molar-refractivity contribution < 1.29 is 80.2 Å². The first-order valence-corrected chi connectivity index (χ1v) is 42.9. The molecule has 0 radical (unpaired) electrons. The molecule has 17 nitrogen and oxygen atoms in total. The molecule has 3 N–H and O–H groups in total. The van der Waals surface area contributed by atoms with Gasteiger partial charge in [0, 0.05) is 25.7 Å². The molecule has 0 fully saturated rings. The van der Waals surface area contributed by atoms with Crippen molar-refractivity contribution in [2.75, 3.05) is 39.6 Å². The molecule has 0 saturated carbocycles. The summed E-state index contributed by atoms with van der Waals surface area (Å²) in [5.74, 6) is 0.150. The van der Waals surface area contributed by atoms with Crippen molar-refractivity contribution in [3.8, 4) is 0 Å². The number of phosphoric ester groups is 2. The number of rotatable bonds is 75. The van der Waals surface area contributed by atoms with E-state index in [1.54, 1.807) is 0 Å². The molecule has 0 aliphatic carbocycles. The maximum Gasteiger partial charge on any atom is 0.472 e. The number of hydrogen-bond acceptors (Lipinski definition) is 15. The van der Waals surface area contributed by atoms with Crippen molar-refractivity contribution in [2.24, 2.45) is 17.8 Å². The second-order valence-electron chi connectivity index (χ2n) is 28.9. The lowest BCUT2D eigenvalue weighted by Gasteiger charge is -2.21. The molecule has 570 valence electrons. The van der Waals surface area contributed by atoms with Crippen LogP contribution < -0.4 is 0 Å². The van der Waals surface area contributed by atoms with Gasteiger partial charge in [-0.1, -0.05) is 344 Å². The highest BCUT2D eigenvalue weighted by Crippen LogP contribution is 2.45. The van der Waals surface area contributed by atoms with E-state index in [9.17, 15) is 43.2 Å². The fourth-order valence-corrected chi connectivity index (χ4v) is 13.3. The normalized spacial score (nSPS) is 14.3. The van der Waals surface area contributed by atoms with Crippen LogP contribution in [0.15, 0.2) is 0 Å². The van der Waals surface area contributed by atoms with Crippen LogP contribution in [-0.4, -0.2) is 96.7 Å². The number of carbonyl (C=O) groups is 4. The summed E-state index contributed by atoms with van der Waals surface area (Å²) in [4.78, 5) is 72.8. The van der Waals surface area contributed by atoms with Crippen LogP contribution in [0.5, 0.6) is 0 Å². The monoisotopic (exact) mass is 1410 g/mol. The van der Waals surface area contributed by atoms with Gasteiger partial charge in [-0.3, -0.25) is 37.3 Å². The lowest BCUT2D eigenvalue weighted by molar-refractivity contribution is -0.161. The van der Waals surface area contributed by atoms with Gasteiger partial charge in [0.1, 0.15) is 19.3 Å². The number of unbranched alkanes of at least 4 members (excludes halogenated alkanes) is 42. The average Bonchev–Trinajstić information content (AvgIpc) is 1.18. The second kappa shape index (κ2) is 67.5. The van der Waals surface area contributed by atoms with E-state index in [0.29, 0.717) is 25.7 Å². The highest BCUT2D eigenvalue weighted by molar-refractivity contribution is 7.47. The molecule has 0 saturated heterocycles. The molecule has 0 aromatic heterocycles. The number of carbonyl (C=O) groups excluding carboxylic acids is 4. The average molecular weight is 1410 g/mol. The Balaban J connectivity index is 5.21. The van der Waals surface area contributed by atoms with Crippen molar-refractivity contribution >= 4 is 39.5 Å². The highest BCUT2D eigenvalue weighted by atomic mass is 31.2. The van der Waals surface area contributed by atoms with Crippen LogP contribution >= 0.6 is 15.6 Å². The fourth-order valence-electron chi connectivity index (χ4n) is 11.7. The topological polar surface area (TPSA) is 237 Å². The molecule has 0 rings (SSSR count). The van der Waals surface area contributed by atoms with Gasteiger partial charge < -0.3 is 33.8 Å². The molecular weight excluding hydrogens is 1260 g/mol. The lowest BCUT2D eigenvalue weighted by atomic mass is 10.00. The minimum atomic E-state index is -4.96. The number of hydrogen-bond donors (Lipinski definition) is 3. The molecule has 0 heterocycles. The first kappa shape index (κ1) is 94.1. The SMILES string of the molecule is CCCCCCCCCCCCCCCCC(=O)OC[C@H](COP(=O)(O)OC[C@@H](O)COP(=O)(O)OC[C@@H](COC(=O)CCCCCCCCC(C)CC)OC(=O)CCCCCCCCCCC(C)C)OC(=O)CCCCCCCCCCCCCCCCCCCCC(C)C. The Morgan fingerprint density at radius 1 is 0.302 bits per heavy atom.